The van der Waals surface area contributed by atoms with Gasteiger partial charge >= 0.3 is 6.09 Å². The number of amides is 3. The van der Waals surface area contributed by atoms with Gasteiger partial charge in [-0.2, -0.15) is 0 Å². The van der Waals surface area contributed by atoms with Crippen LogP contribution in [-0.4, -0.2) is 40.5 Å². The van der Waals surface area contributed by atoms with Crippen molar-refractivity contribution in [2.24, 2.45) is 11.8 Å². The molecule has 3 rings (SSSR count). The second-order valence-electron chi connectivity index (χ2n) is 11.6. The first-order chi connectivity index (χ1) is 17.7. The maximum Gasteiger partial charge on any atom is 0.408 e. The number of halogens is 1. The van der Waals surface area contributed by atoms with Crippen LogP contribution in [0.15, 0.2) is 42.5 Å². The van der Waals surface area contributed by atoms with E-state index in [1.807, 2.05) is 64.1 Å². The van der Waals surface area contributed by atoms with Gasteiger partial charge < -0.3 is 20.3 Å². The molecular formula is C30H40ClN3O4. The molecule has 0 aromatic heterocycles. The van der Waals surface area contributed by atoms with Crippen LogP contribution in [0.25, 0.3) is 0 Å². The van der Waals surface area contributed by atoms with Gasteiger partial charge in [0.2, 0.25) is 5.91 Å². The highest BCUT2D eigenvalue weighted by Gasteiger charge is 2.48. The molecule has 1 fully saturated rings. The minimum Gasteiger partial charge on any atom is -0.444 e. The van der Waals surface area contributed by atoms with Crippen molar-refractivity contribution in [1.82, 2.24) is 10.2 Å². The summed E-state index contributed by atoms with van der Waals surface area (Å²) in [7, 11) is 0. The van der Waals surface area contributed by atoms with E-state index in [-0.39, 0.29) is 29.7 Å². The maximum absolute atomic E-state index is 14.2. The van der Waals surface area contributed by atoms with Crippen molar-refractivity contribution in [2.75, 3.05) is 5.32 Å². The van der Waals surface area contributed by atoms with Gasteiger partial charge in [0.25, 0.3) is 5.91 Å². The smallest absolute Gasteiger partial charge is 0.408 e. The topological polar surface area (TPSA) is 87.7 Å². The largest absolute Gasteiger partial charge is 0.444 e. The fourth-order valence-electron chi connectivity index (χ4n) is 4.45. The number of ether oxygens (including phenoxy) is 1. The Labute approximate surface area is 231 Å². The highest BCUT2D eigenvalue weighted by atomic mass is 35.5. The molecule has 4 unspecified atom stereocenters. The van der Waals surface area contributed by atoms with Gasteiger partial charge in [0.15, 0.2) is 0 Å². The van der Waals surface area contributed by atoms with Gasteiger partial charge in [-0.1, -0.05) is 74.3 Å². The fourth-order valence-corrected chi connectivity index (χ4v) is 4.72. The molecule has 1 aliphatic rings. The van der Waals surface area contributed by atoms with Crippen molar-refractivity contribution in [2.45, 2.75) is 85.5 Å². The first kappa shape index (κ1) is 29.5. The van der Waals surface area contributed by atoms with E-state index in [2.05, 4.69) is 17.6 Å². The van der Waals surface area contributed by atoms with Crippen LogP contribution < -0.4 is 10.6 Å². The highest BCUT2D eigenvalue weighted by molar-refractivity contribution is 6.34. The van der Waals surface area contributed by atoms with Crippen LogP contribution in [0, 0.1) is 25.7 Å². The number of benzene rings is 2. The zero-order valence-electron chi connectivity index (χ0n) is 23.6. The highest BCUT2D eigenvalue weighted by Crippen LogP contribution is 2.41. The molecule has 7 nitrogen and oxygen atoms in total. The summed E-state index contributed by atoms with van der Waals surface area (Å²) in [6.07, 6.45) is 0.0976. The Bertz CT molecular complexity index is 1150. The molecule has 0 saturated heterocycles. The zero-order chi connectivity index (χ0) is 28.4. The Morgan fingerprint density at radius 2 is 1.66 bits per heavy atom. The van der Waals surface area contributed by atoms with Gasteiger partial charge in [-0.15, -0.1) is 0 Å². The maximum atomic E-state index is 14.2. The summed E-state index contributed by atoms with van der Waals surface area (Å²) in [6, 6.07) is 11.1. The Kier molecular flexibility index (Phi) is 9.13. The molecule has 4 atom stereocenters. The van der Waals surface area contributed by atoms with Crippen LogP contribution in [0.1, 0.15) is 70.7 Å². The van der Waals surface area contributed by atoms with Gasteiger partial charge in [0, 0.05) is 6.04 Å². The van der Waals surface area contributed by atoms with Crippen LogP contribution >= 0.6 is 11.6 Å². The minimum atomic E-state index is -0.921. The molecule has 38 heavy (non-hydrogen) atoms. The summed E-state index contributed by atoms with van der Waals surface area (Å²) in [4.78, 5) is 42.6. The first-order valence-electron chi connectivity index (χ1n) is 13.1. The average molecular weight is 542 g/mol. The number of hydrogen-bond donors (Lipinski definition) is 2. The molecule has 1 saturated carbocycles. The van der Waals surface area contributed by atoms with E-state index in [1.165, 1.54) is 0 Å². The lowest BCUT2D eigenvalue weighted by Crippen LogP contribution is -2.55. The number of nitrogens with zero attached hydrogens (tertiary/aromatic N) is 1. The van der Waals surface area contributed by atoms with Crippen LogP contribution in [0.5, 0.6) is 0 Å². The van der Waals surface area contributed by atoms with E-state index in [0.29, 0.717) is 16.3 Å². The number of carbonyl (C=O) groups is 3. The van der Waals surface area contributed by atoms with E-state index in [0.717, 1.165) is 17.5 Å². The van der Waals surface area contributed by atoms with Crippen LogP contribution in [0.3, 0.4) is 0 Å². The standard InChI is InChI=1S/C30H40ClN3O4/c1-17(2)24(33-29(37)38-30(6,7)8)28(36)34(23-16-20(23)5)26(21-14-12-18(3)13-15-21)27(35)32-25-19(4)10-9-11-22(25)31/h9-15,17,20,23-24,26H,16H2,1-8H3,(H,32,35)(H,33,37). The second-order valence-corrected chi connectivity index (χ2v) is 12.0. The normalized spacial score (nSPS) is 18.4. The van der Waals surface area contributed by atoms with Gasteiger partial charge in [0.1, 0.15) is 17.7 Å². The molecule has 8 heteroatoms. The number of para-hydroxylation sites is 1. The van der Waals surface area contributed by atoms with E-state index < -0.39 is 23.8 Å². The number of anilines is 1. The number of nitrogens with one attached hydrogen (secondary N) is 2. The summed E-state index contributed by atoms with van der Waals surface area (Å²) in [5.41, 5.74) is 2.35. The van der Waals surface area contributed by atoms with Gasteiger partial charge in [0.05, 0.1) is 10.7 Å². The number of carbonyl (C=O) groups excluding carboxylic acids is 3. The SMILES string of the molecule is Cc1ccc(C(C(=O)Nc2c(C)cccc2Cl)N(C(=O)C(NC(=O)OC(C)(C)C)C(C)C)C2CC2C)cc1. The molecular weight excluding hydrogens is 502 g/mol. The zero-order valence-corrected chi connectivity index (χ0v) is 24.3. The Hall–Kier alpha value is -3.06. The fraction of sp³-hybridized carbons (Fsp3) is 0.500. The first-order valence-corrected chi connectivity index (χ1v) is 13.5. The molecule has 0 heterocycles. The van der Waals surface area contributed by atoms with Gasteiger partial charge in [-0.25, -0.2) is 4.79 Å². The van der Waals surface area contributed by atoms with E-state index in [9.17, 15) is 14.4 Å². The minimum absolute atomic E-state index is 0.145. The monoisotopic (exact) mass is 541 g/mol. The number of hydrogen-bond acceptors (Lipinski definition) is 4. The van der Waals surface area contributed by atoms with Crippen LogP contribution in [-0.2, 0) is 14.3 Å². The summed E-state index contributed by atoms with van der Waals surface area (Å²) in [5.74, 6) is -0.704. The Balaban J connectivity index is 2.04. The summed E-state index contributed by atoms with van der Waals surface area (Å²) in [6.45, 7) is 14.9. The van der Waals surface area contributed by atoms with Crippen molar-refractivity contribution in [1.29, 1.82) is 0 Å². The quantitative estimate of drug-likeness (QED) is 0.403. The van der Waals surface area contributed by atoms with Gasteiger partial charge in [-0.05, 0) is 70.1 Å². The lowest BCUT2D eigenvalue weighted by molar-refractivity contribution is -0.142. The molecule has 2 aromatic rings. The average Bonchev–Trinajstić information content (AvgIpc) is 3.53. The Morgan fingerprint density at radius 1 is 1.05 bits per heavy atom. The third-order valence-electron chi connectivity index (χ3n) is 6.67. The second kappa shape index (κ2) is 11.8. The van der Waals surface area contributed by atoms with E-state index in [4.69, 9.17) is 16.3 Å². The molecule has 0 bridgehead atoms. The predicted molar refractivity (Wildman–Crippen MR) is 151 cm³/mol. The summed E-state index contributed by atoms with van der Waals surface area (Å²) < 4.78 is 5.44. The van der Waals surface area contributed by atoms with Crippen LogP contribution in [0.2, 0.25) is 5.02 Å². The molecule has 206 valence electrons. The molecule has 2 aromatic carbocycles. The van der Waals surface area contributed by atoms with Crippen molar-refractivity contribution in [3.05, 3.63) is 64.2 Å². The number of alkyl carbamates (subject to hydrolysis) is 1. The third-order valence-corrected chi connectivity index (χ3v) is 6.99. The number of aryl methyl sites for hydroxylation is 2. The summed E-state index contributed by atoms with van der Waals surface area (Å²) in [5, 5.41) is 6.18. The lowest BCUT2D eigenvalue weighted by Gasteiger charge is -2.36. The van der Waals surface area contributed by atoms with Crippen LogP contribution in [0.4, 0.5) is 10.5 Å². The molecule has 1 aliphatic carbocycles. The molecule has 0 aliphatic heterocycles. The van der Waals surface area contributed by atoms with Crippen molar-refractivity contribution >= 4 is 35.2 Å². The van der Waals surface area contributed by atoms with E-state index in [1.54, 1.807) is 31.7 Å². The van der Waals surface area contributed by atoms with Crippen molar-refractivity contribution in [3.8, 4) is 0 Å². The molecule has 2 N–H and O–H groups in total. The van der Waals surface area contributed by atoms with Crippen molar-refractivity contribution < 1.29 is 19.1 Å². The third kappa shape index (κ3) is 7.28. The van der Waals surface area contributed by atoms with E-state index >= 15 is 0 Å². The predicted octanol–water partition coefficient (Wildman–Crippen LogP) is 6.42. The molecule has 0 spiro atoms. The molecule has 0 radical (unpaired) electrons. The number of rotatable bonds is 8. The summed E-state index contributed by atoms with van der Waals surface area (Å²) >= 11 is 6.43. The molecule has 3 amide bonds. The Morgan fingerprint density at radius 3 is 2.16 bits per heavy atom. The van der Waals surface area contributed by atoms with Crippen molar-refractivity contribution in [3.63, 3.8) is 0 Å². The van der Waals surface area contributed by atoms with Gasteiger partial charge in [-0.3, -0.25) is 9.59 Å². The lowest BCUT2D eigenvalue weighted by atomic mass is 9.97.